The van der Waals surface area contributed by atoms with Crippen LogP contribution in [0, 0.1) is 16.0 Å². The molecule has 0 spiro atoms. The van der Waals surface area contributed by atoms with Gasteiger partial charge in [-0.15, -0.1) is 0 Å². The molecule has 1 N–H and O–H groups in total. The van der Waals surface area contributed by atoms with Gasteiger partial charge in [0.15, 0.2) is 0 Å². The minimum absolute atomic E-state index is 0.0273. The molecule has 0 amide bonds. The van der Waals surface area contributed by atoms with Crippen LogP contribution in [0.4, 0.5) is 5.69 Å². The molecule has 2 aliphatic heterocycles. The van der Waals surface area contributed by atoms with Gasteiger partial charge in [-0.1, -0.05) is 13.8 Å². The van der Waals surface area contributed by atoms with Crippen LogP contribution < -0.4 is 4.74 Å². The molecule has 0 aromatic heterocycles. The molecule has 1 aromatic rings. The molecule has 1 fully saturated rings. The van der Waals surface area contributed by atoms with Crippen LogP contribution in [0.5, 0.6) is 5.75 Å². The van der Waals surface area contributed by atoms with E-state index in [1.165, 1.54) is 12.1 Å². The van der Waals surface area contributed by atoms with Crippen molar-refractivity contribution in [2.75, 3.05) is 19.6 Å². The monoisotopic (exact) mass is 304 g/mol. The second-order valence-corrected chi connectivity index (χ2v) is 6.41. The maximum atomic E-state index is 10.9. The number of rotatable bonds is 3. The van der Waals surface area contributed by atoms with Crippen molar-refractivity contribution < 1.29 is 14.8 Å². The minimum Gasteiger partial charge on any atom is -0.458 e. The number of non-ortho nitro benzene ring substituents is 1. The van der Waals surface area contributed by atoms with E-state index in [9.17, 15) is 15.2 Å². The first-order chi connectivity index (χ1) is 10.4. The van der Waals surface area contributed by atoms with Crippen LogP contribution in [-0.4, -0.2) is 40.4 Å². The number of aliphatic hydroxyl groups is 1. The Morgan fingerprint density at radius 3 is 2.95 bits per heavy atom. The lowest BCUT2D eigenvalue weighted by atomic mass is 9.91. The number of nitrogens with zero attached hydrogens (tertiary/aromatic N) is 2. The average Bonchev–Trinajstić information content (AvgIpc) is 2.44. The first kappa shape index (κ1) is 15.0. The molecule has 6 nitrogen and oxygen atoms in total. The van der Waals surface area contributed by atoms with Gasteiger partial charge in [0, 0.05) is 49.3 Å². The molecular formula is C16H20N2O4. The maximum absolute atomic E-state index is 10.9. The third kappa shape index (κ3) is 2.71. The fraction of sp³-hybridized carbons (Fsp3) is 0.500. The van der Waals surface area contributed by atoms with Gasteiger partial charge < -0.3 is 9.84 Å². The van der Waals surface area contributed by atoms with Gasteiger partial charge in [0.05, 0.1) is 4.92 Å². The van der Waals surface area contributed by atoms with Gasteiger partial charge in [0.25, 0.3) is 5.69 Å². The predicted molar refractivity (Wildman–Crippen MR) is 82.5 cm³/mol. The van der Waals surface area contributed by atoms with Gasteiger partial charge in [0.1, 0.15) is 5.75 Å². The van der Waals surface area contributed by atoms with Gasteiger partial charge in [0.2, 0.25) is 5.79 Å². The van der Waals surface area contributed by atoms with Crippen molar-refractivity contribution in [3.8, 4) is 5.75 Å². The van der Waals surface area contributed by atoms with Crippen LogP contribution >= 0.6 is 0 Å². The maximum Gasteiger partial charge on any atom is 0.270 e. The van der Waals surface area contributed by atoms with Crippen LogP contribution in [0.25, 0.3) is 6.08 Å². The molecule has 3 rings (SSSR count). The summed E-state index contributed by atoms with van der Waals surface area (Å²) < 4.78 is 5.75. The number of ether oxygens (including phenoxy) is 1. The summed E-state index contributed by atoms with van der Waals surface area (Å²) in [5.41, 5.74) is 1.45. The van der Waals surface area contributed by atoms with Crippen molar-refractivity contribution in [2.45, 2.75) is 26.1 Å². The van der Waals surface area contributed by atoms with Gasteiger partial charge in [-0.3, -0.25) is 15.0 Å². The first-order valence-electron chi connectivity index (χ1n) is 7.50. The number of likely N-dealkylation sites (tertiary alicyclic amines) is 1. The zero-order chi connectivity index (χ0) is 15.9. The highest BCUT2D eigenvalue weighted by atomic mass is 16.6. The number of hydrogen-bond acceptors (Lipinski definition) is 5. The number of piperidine rings is 1. The second-order valence-electron chi connectivity index (χ2n) is 6.41. The van der Waals surface area contributed by atoms with Crippen molar-refractivity contribution in [1.82, 2.24) is 4.90 Å². The molecule has 1 atom stereocenters. The Balaban J connectivity index is 1.92. The first-order valence-corrected chi connectivity index (χ1v) is 7.50. The van der Waals surface area contributed by atoms with E-state index in [0.29, 0.717) is 30.2 Å². The average molecular weight is 304 g/mol. The molecule has 2 aliphatic rings. The van der Waals surface area contributed by atoms with Crippen molar-refractivity contribution in [1.29, 1.82) is 0 Å². The molecule has 1 aromatic carbocycles. The molecule has 0 unspecified atom stereocenters. The quantitative estimate of drug-likeness (QED) is 0.685. The van der Waals surface area contributed by atoms with Gasteiger partial charge in [-0.2, -0.15) is 0 Å². The molecule has 118 valence electrons. The summed E-state index contributed by atoms with van der Waals surface area (Å²) >= 11 is 0. The molecule has 0 aliphatic carbocycles. The van der Waals surface area contributed by atoms with Crippen LogP contribution in [0.15, 0.2) is 23.8 Å². The zero-order valence-electron chi connectivity index (χ0n) is 12.8. The lowest BCUT2D eigenvalue weighted by molar-refractivity contribution is -0.384. The Morgan fingerprint density at radius 2 is 2.27 bits per heavy atom. The molecule has 0 saturated carbocycles. The zero-order valence-corrected chi connectivity index (χ0v) is 12.8. The van der Waals surface area contributed by atoms with Crippen molar-refractivity contribution in [3.63, 3.8) is 0 Å². The number of benzene rings is 1. The molecule has 0 bridgehead atoms. The summed E-state index contributed by atoms with van der Waals surface area (Å²) in [6.07, 6.45) is 2.33. The summed E-state index contributed by atoms with van der Waals surface area (Å²) in [5, 5.41) is 21.6. The topological polar surface area (TPSA) is 75.8 Å². The van der Waals surface area contributed by atoms with Crippen LogP contribution in [0.3, 0.4) is 0 Å². The predicted octanol–water partition coefficient (Wildman–Crippen LogP) is 2.42. The van der Waals surface area contributed by atoms with E-state index < -0.39 is 10.7 Å². The van der Waals surface area contributed by atoms with E-state index in [2.05, 4.69) is 18.7 Å². The minimum atomic E-state index is -1.28. The largest absolute Gasteiger partial charge is 0.458 e. The van der Waals surface area contributed by atoms with E-state index in [-0.39, 0.29) is 5.69 Å². The number of nitro benzene ring substituents is 1. The Morgan fingerprint density at radius 1 is 1.50 bits per heavy atom. The van der Waals surface area contributed by atoms with Crippen LogP contribution in [0.1, 0.15) is 25.8 Å². The van der Waals surface area contributed by atoms with Crippen LogP contribution in [0.2, 0.25) is 0 Å². The van der Waals surface area contributed by atoms with Crippen molar-refractivity contribution in [3.05, 3.63) is 39.4 Å². The SMILES string of the molecule is CC(C)CN1CC[C@@]2(O)Oc3ccc([N+](=O)[O-])cc3C=C2C1. The number of fused-ring (bicyclic) bond motifs is 2. The summed E-state index contributed by atoms with van der Waals surface area (Å²) in [6, 6.07) is 4.44. The smallest absolute Gasteiger partial charge is 0.270 e. The molecule has 2 heterocycles. The molecule has 1 saturated heterocycles. The number of nitro groups is 1. The highest BCUT2D eigenvalue weighted by Gasteiger charge is 2.42. The second kappa shape index (κ2) is 5.37. The van der Waals surface area contributed by atoms with Gasteiger partial charge in [-0.25, -0.2) is 0 Å². The summed E-state index contributed by atoms with van der Waals surface area (Å²) in [4.78, 5) is 12.7. The normalized spacial score (nSPS) is 24.3. The Hall–Kier alpha value is -1.92. The summed E-state index contributed by atoms with van der Waals surface area (Å²) in [7, 11) is 0. The van der Waals surface area contributed by atoms with E-state index in [1.54, 1.807) is 6.07 Å². The standard InChI is InChI=1S/C16H20N2O4/c1-11(2)9-17-6-5-16(19)13(10-17)7-12-8-14(18(20)21)3-4-15(12)22-16/h3-4,7-8,11,19H,5-6,9-10H2,1-2H3/t16-/m1/s1. The lowest BCUT2D eigenvalue weighted by Gasteiger charge is -2.42. The van der Waals surface area contributed by atoms with Crippen molar-refractivity contribution >= 4 is 11.8 Å². The molecule has 22 heavy (non-hydrogen) atoms. The van der Waals surface area contributed by atoms with Crippen molar-refractivity contribution in [2.24, 2.45) is 5.92 Å². The van der Waals surface area contributed by atoms with E-state index in [4.69, 9.17) is 4.74 Å². The highest BCUT2D eigenvalue weighted by molar-refractivity contribution is 5.67. The van der Waals surface area contributed by atoms with E-state index >= 15 is 0 Å². The Bertz CT molecular complexity index is 641. The Kier molecular flexibility index (Phi) is 3.66. The van der Waals surface area contributed by atoms with Crippen LogP contribution in [-0.2, 0) is 0 Å². The molecule has 6 heteroatoms. The Labute approximate surface area is 129 Å². The number of hydrogen-bond donors (Lipinski definition) is 1. The fourth-order valence-corrected chi connectivity index (χ4v) is 3.09. The third-order valence-corrected chi connectivity index (χ3v) is 4.10. The van der Waals surface area contributed by atoms with Gasteiger partial charge >= 0.3 is 0 Å². The van der Waals surface area contributed by atoms with E-state index in [0.717, 1.165) is 18.7 Å². The third-order valence-electron chi connectivity index (χ3n) is 4.10. The molecular weight excluding hydrogens is 284 g/mol. The molecule has 0 radical (unpaired) electrons. The van der Waals surface area contributed by atoms with E-state index in [1.807, 2.05) is 6.08 Å². The summed E-state index contributed by atoms with van der Waals surface area (Å²) in [6.45, 7) is 6.66. The summed E-state index contributed by atoms with van der Waals surface area (Å²) in [5.74, 6) is -0.241. The lowest BCUT2D eigenvalue weighted by Crippen LogP contribution is -2.51. The highest BCUT2D eigenvalue weighted by Crippen LogP contribution is 2.40. The fourth-order valence-electron chi connectivity index (χ4n) is 3.09. The van der Waals surface area contributed by atoms with Gasteiger partial charge in [-0.05, 0) is 18.1 Å².